The van der Waals surface area contributed by atoms with Crippen LogP contribution in [0.15, 0.2) is 60.8 Å². The van der Waals surface area contributed by atoms with Crippen LogP contribution in [0.25, 0.3) is 0 Å². The lowest BCUT2D eigenvalue weighted by Crippen LogP contribution is -2.48. The lowest BCUT2D eigenvalue weighted by atomic mass is 10.0. The summed E-state index contributed by atoms with van der Waals surface area (Å²) in [5, 5.41) is 33.1. The molecule has 0 aliphatic rings. The lowest BCUT2D eigenvalue weighted by Gasteiger charge is -2.21. The number of amides is 1. The first kappa shape index (κ1) is 52.0. The first-order valence-electron chi connectivity index (χ1n) is 23.1. The zero-order valence-electron chi connectivity index (χ0n) is 35.6. The summed E-state index contributed by atoms with van der Waals surface area (Å²) in [4.78, 5) is 12.5. The molecule has 54 heavy (non-hydrogen) atoms. The van der Waals surface area contributed by atoms with Crippen molar-refractivity contribution in [2.24, 2.45) is 0 Å². The second-order valence-electron chi connectivity index (χ2n) is 15.6. The lowest BCUT2D eigenvalue weighted by molar-refractivity contribution is -0.131. The van der Waals surface area contributed by atoms with Gasteiger partial charge in [-0.15, -0.1) is 0 Å². The van der Waals surface area contributed by atoms with Crippen molar-refractivity contribution in [3.63, 3.8) is 0 Å². The van der Waals surface area contributed by atoms with Gasteiger partial charge in [0.25, 0.3) is 0 Å². The monoisotopic (exact) mass is 756 g/mol. The van der Waals surface area contributed by atoms with Crippen LogP contribution in [0.5, 0.6) is 0 Å². The van der Waals surface area contributed by atoms with E-state index >= 15 is 0 Å². The number of allylic oxidation sites excluding steroid dienone is 9. The highest BCUT2D eigenvalue weighted by atomic mass is 16.3. The second kappa shape index (κ2) is 43.8. The van der Waals surface area contributed by atoms with E-state index in [4.69, 9.17) is 0 Å². The fraction of sp³-hybridized carbons (Fsp3) is 0.776. The molecular weight excluding hydrogens is 667 g/mol. The van der Waals surface area contributed by atoms with Gasteiger partial charge >= 0.3 is 0 Å². The van der Waals surface area contributed by atoms with Crippen LogP contribution >= 0.6 is 0 Å². The van der Waals surface area contributed by atoms with Crippen LogP contribution in [0.4, 0.5) is 0 Å². The molecule has 0 saturated carbocycles. The quantitative estimate of drug-likeness (QED) is 0.0369. The molecule has 5 nitrogen and oxygen atoms in total. The van der Waals surface area contributed by atoms with Gasteiger partial charge in [-0.3, -0.25) is 4.79 Å². The molecule has 0 saturated heterocycles. The Morgan fingerprint density at radius 3 is 1.28 bits per heavy atom. The smallest absolute Gasteiger partial charge is 0.249 e. The van der Waals surface area contributed by atoms with E-state index in [0.29, 0.717) is 6.42 Å². The molecule has 5 heteroatoms. The minimum Gasteiger partial charge on any atom is -0.394 e. The van der Waals surface area contributed by atoms with E-state index in [0.717, 1.165) is 57.8 Å². The van der Waals surface area contributed by atoms with Crippen molar-refractivity contribution >= 4 is 5.91 Å². The van der Waals surface area contributed by atoms with Crippen molar-refractivity contribution in [2.75, 3.05) is 6.61 Å². The van der Waals surface area contributed by atoms with Crippen molar-refractivity contribution in [3.8, 4) is 0 Å². The van der Waals surface area contributed by atoms with E-state index in [2.05, 4.69) is 67.8 Å². The number of rotatable bonds is 41. The summed E-state index contributed by atoms with van der Waals surface area (Å²) in [7, 11) is 0. The first-order chi connectivity index (χ1) is 26.6. The topological polar surface area (TPSA) is 89.8 Å². The summed E-state index contributed by atoms with van der Waals surface area (Å²) in [6.45, 7) is 4.14. The maximum Gasteiger partial charge on any atom is 0.249 e. The fourth-order valence-electron chi connectivity index (χ4n) is 6.66. The van der Waals surface area contributed by atoms with Gasteiger partial charge in [-0.2, -0.15) is 0 Å². The molecule has 0 bridgehead atoms. The van der Waals surface area contributed by atoms with Gasteiger partial charge in [-0.1, -0.05) is 203 Å². The van der Waals surface area contributed by atoms with Crippen molar-refractivity contribution in [1.29, 1.82) is 0 Å². The van der Waals surface area contributed by atoms with Crippen molar-refractivity contribution in [1.82, 2.24) is 5.32 Å². The maximum absolute atomic E-state index is 12.5. The van der Waals surface area contributed by atoms with E-state index in [9.17, 15) is 20.1 Å². The average Bonchev–Trinajstić information content (AvgIpc) is 3.18. The zero-order valence-corrected chi connectivity index (χ0v) is 35.6. The molecule has 0 aromatic carbocycles. The molecule has 0 heterocycles. The van der Waals surface area contributed by atoms with Crippen LogP contribution in [0.3, 0.4) is 0 Å². The number of hydrogen-bond donors (Lipinski definition) is 4. The number of carbonyl (C=O) groups is 1. The highest BCUT2D eigenvalue weighted by molar-refractivity contribution is 5.80. The Balaban J connectivity index is 3.75. The fourth-order valence-corrected chi connectivity index (χ4v) is 6.66. The number of hydrogen-bond acceptors (Lipinski definition) is 4. The number of nitrogens with one attached hydrogen (secondary N) is 1. The molecule has 314 valence electrons. The number of aliphatic hydroxyl groups is 3. The van der Waals surface area contributed by atoms with Crippen molar-refractivity contribution in [2.45, 2.75) is 238 Å². The molecule has 4 N–H and O–H groups in total. The SMILES string of the molecule is CCCCC/C=C\C/C=C\CCCCCCCCC(O)C(=O)NC(CO)C(O)/C=C/CC/C=C/CC/C=C/CCCCCCCCCCCCCCCC. The standard InChI is InChI=1S/C49H89NO4/c1-3-5-7-9-11-13-15-17-19-21-22-23-24-25-26-27-28-30-31-33-35-37-39-41-43-47(52)46(45-51)50-49(54)48(53)44-42-40-38-36-34-32-29-20-18-16-14-12-10-8-6-4-2/h12,14,18,20,27-28,33,35,41,43,46-48,51-53H,3-11,13,15-17,19,21-26,29-32,34,36-40,42,44-45H2,1-2H3,(H,50,54)/b14-12-,20-18-,28-27+,35-33+,43-41+. The van der Waals surface area contributed by atoms with Gasteiger partial charge in [0, 0.05) is 0 Å². The maximum atomic E-state index is 12.5. The minimum absolute atomic E-state index is 0.387. The molecule has 0 fully saturated rings. The van der Waals surface area contributed by atoms with Crippen LogP contribution in [-0.4, -0.2) is 46.1 Å². The molecule has 0 rings (SSSR count). The third kappa shape index (κ3) is 38.3. The van der Waals surface area contributed by atoms with Crippen LogP contribution in [0, 0.1) is 0 Å². The van der Waals surface area contributed by atoms with Gasteiger partial charge in [-0.05, 0) is 77.0 Å². The summed E-state index contributed by atoms with van der Waals surface area (Å²) in [6, 6.07) is -0.828. The molecule has 0 aromatic heterocycles. The summed E-state index contributed by atoms with van der Waals surface area (Å²) in [6.07, 6.45) is 58.3. The first-order valence-corrected chi connectivity index (χ1v) is 23.1. The Labute approximate surface area is 335 Å². The van der Waals surface area contributed by atoms with E-state index in [1.807, 2.05) is 6.08 Å². The highest BCUT2D eigenvalue weighted by Gasteiger charge is 2.22. The van der Waals surface area contributed by atoms with E-state index in [1.54, 1.807) is 6.08 Å². The molecule has 3 atom stereocenters. The summed E-state index contributed by atoms with van der Waals surface area (Å²) >= 11 is 0. The van der Waals surface area contributed by atoms with Crippen LogP contribution in [-0.2, 0) is 4.79 Å². The van der Waals surface area contributed by atoms with Crippen LogP contribution in [0.2, 0.25) is 0 Å². The van der Waals surface area contributed by atoms with Gasteiger partial charge in [-0.25, -0.2) is 0 Å². The summed E-state index contributed by atoms with van der Waals surface area (Å²) in [5.41, 5.74) is 0. The predicted octanol–water partition coefficient (Wildman–Crippen LogP) is 13.5. The highest BCUT2D eigenvalue weighted by Crippen LogP contribution is 2.14. The molecule has 0 aliphatic carbocycles. The Morgan fingerprint density at radius 2 is 0.815 bits per heavy atom. The predicted molar refractivity (Wildman–Crippen MR) is 236 cm³/mol. The Hall–Kier alpha value is -1.95. The molecule has 1 amide bonds. The summed E-state index contributed by atoms with van der Waals surface area (Å²) < 4.78 is 0. The number of aliphatic hydroxyl groups excluding tert-OH is 3. The Bertz CT molecular complexity index is 923. The molecule has 0 aromatic rings. The third-order valence-electron chi connectivity index (χ3n) is 10.3. The Morgan fingerprint density at radius 1 is 0.463 bits per heavy atom. The Kier molecular flexibility index (Phi) is 42.2. The average molecular weight is 756 g/mol. The third-order valence-corrected chi connectivity index (χ3v) is 10.3. The molecule has 3 unspecified atom stereocenters. The molecule has 0 aliphatic heterocycles. The number of carbonyl (C=O) groups excluding carboxylic acids is 1. The summed E-state index contributed by atoms with van der Waals surface area (Å²) in [5.74, 6) is -0.527. The molecule has 0 radical (unpaired) electrons. The van der Waals surface area contributed by atoms with Gasteiger partial charge in [0.05, 0.1) is 18.8 Å². The van der Waals surface area contributed by atoms with Gasteiger partial charge in [0.1, 0.15) is 6.10 Å². The van der Waals surface area contributed by atoms with Crippen molar-refractivity contribution in [3.05, 3.63) is 60.8 Å². The van der Waals surface area contributed by atoms with Crippen molar-refractivity contribution < 1.29 is 20.1 Å². The van der Waals surface area contributed by atoms with Gasteiger partial charge in [0.2, 0.25) is 5.91 Å². The van der Waals surface area contributed by atoms with E-state index in [-0.39, 0.29) is 6.61 Å². The number of unbranched alkanes of at least 4 members (excludes halogenated alkanes) is 25. The zero-order chi connectivity index (χ0) is 39.4. The minimum atomic E-state index is -1.12. The van der Waals surface area contributed by atoms with E-state index < -0.39 is 24.2 Å². The molecule has 0 spiro atoms. The van der Waals surface area contributed by atoms with Crippen LogP contribution in [0.1, 0.15) is 219 Å². The van der Waals surface area contributed by atoms with Gasteiger partial charge < -0.3 is 20.6 Å². The second-order valence-corrected chi connectivity index (χ2v) is 15.6. The normalized spacial score (nSPS) is 14.1. The van der Waals surface area contributed by atoms with Crippen LogP contribution < -0.4 is 5.32 Å². The van der Waals surface area contributed by atoms with Gasteiger partial charge in [0.15, 0.2) is 0 Å². The molecular formula is C49H89NO4. The van der Waals surface area contributed by atoms with E-state index in [1.165, 1.54) is 141 Å². The largest absolute Gasteiger partial charge is 0.394 e.